The van der Waals surface area contributed by atoms with Gasteiger partial charge in [0.2, 0.25) is 5.91 Å². The molecule has 1 rings (SSSR count). The highest BCUT2D eigenvalue weighted by atomic mass is 35.5. The van der Waals surface area contributed by atoms with Crippen molar-refractivity contribution in [2.24, 2.45) is 0 Å². The summed E-state index contributed by atoms with van der Waals surface area (Å²) in [6, 6.07) is 0. The van der Waals surface area contributed by atoms with Gasteiger partial charge in [-0.2, -0.15) is 4.42 Å². The van der Waals surface area contributed by atoms with Crippen LogP contribution < -0.4 is 0 Å². The second kappa shape index (κ2) is 12.2. The third kappa shape index (κ3) is 7.45. The van der Waals surface area contributed by atoms with Crippen molar-refractivity contribution in [1.82, 2.24) is 9.32 Å². The average Bonchev–Trinajstić information content (AvgIpc) is 2.73. The van der Waals surface area contributed by atoms with Crippen molar-refractivity contribution in [3.05, 3.63) is 0 Å². The Bertz CT molecular complexity index is 436. The van der Waals surface area contributed by atoms with Crippen molar-refractivity contribution in [2.75, 3.05) is 73.1 Å². The van der Waals surface area contributed by atoms with E-state index in [1.54, 1.807) is 16.4 Å². The summed E-state index contributed by atoms with van der Waals surface area (Å²) in [5.74, 6) is 0.00528. The molecule has 0 aromatic rings. The number of carbonyl (C=O) groups is 1. The standard InChI is InChI=1S/C18H35ClN2O6/c1-17(2)16(22)20(18(3,4)21(17)19)6-7-24-10-11-26-14-15-27-13-12-25-9-8-23-5/h6-15H2,1-5H3. The quantitative estimate of drug-likeness (QED) is 0.299. The number of rotatable bonds is 15. The number of carbonyl (C=O) groups excluding carboxylic acids is 1. The van der Waals surface area contributed by atoms with Crippen molar-refractivity contribution < 1.29 is 28.5 Å². The van der Waals surface area contributed by atoms with E-state index in [9.17, 15) is 4.79 Å². The molecule has 0 aromatic heterocycles. The number of halogens is 1. The Labute approximate surface area is 168 Å². The zero-order chi connectivity index (χ0) is 20.3. The molecule has 0 spiro atoms. The Morgan fingerprint density at radius 3 is 1.56 bits per heavy atom. The van der Waals surface area contributed by atoms with Gasteiger partial charge in [-0.15, -0.1) is 0 Å². The molecule has 1 aliphatic heterocycles. The molecule has 0 bridgehead atoms. The Hall–Kier alpha value is -0.480. The fourth-order valence-electron chi connectivity index (χ4n) is 2.89. The minimum atomic E-state index is -0.719. The predicted octanol–water partition coefficient (Wildman–Crippen LogP) is 1.51. The first-order valence-corrected chi connectivity index (χ1v) is 9.68. The van der Waals surface area contributed by atoms with E-state index in [2.05, 4.69) is 0 Å². The maximum Gasteiger partial charge on any atom is 0.245 e. The van der Waals surface area contributed by atoms with Crippen molar-refractivity contribution in [3.8, 4) is 0 Å². The van der Waals surface area contributed by atoms with Crippen LogP contribution in [0.4, 0.5) is 0 Å². The molecule has 1 saturated heterocycles. The Morgan fingerprint density at radius 2 is 1.19 bits per heavy atom. The first-order chi connectivity index (χ1) is 12.8. The molecule has 1 amide bonds. The van der Waals surface area contributed by atoms with Crippen LogP contribution in [0.15, 0.2) is 0 Å². The molecule has 0 aromatic carbocycles. The minimum absolute atomic E-state index is 0.00528. The molecule has 0 radical (unpaired) electrons. The lowest BCUT2D eigenvalue weighted by atomic mass is 10.1. The third-order valence-electron chi connectivity index (χ3n) is 4.41. The summed E-state index contributed by atoms with van der Waals surface area (Å²) in [7, 11) is 1.64. The molecule has 9 heteroatoms. The number of hydrogen-bond acceptors (Lipinski definition) is 7. The van der Waals surface area contributed by atoms with Gasteiger partial charge in [-0.1, -0.05) is 0 Å². The Balaban J connectivity index is 2.00. The summed E-state index contributed by atoms with van der Waals surface area (Å²) < 4.78 is 28.1. The van der Waals surface area contributed by atoms with Crippen LogP contribution in [-0.2, 0) is 28.5 Å². The smallest absolute Gasteiger partial charge is 0.245 e. The van der Waals surface area contributed by atoms with Gasteiger partial charge in [-0.3, -0.25) is 4.79 Å². The zero-order valence-electron chi connectivity index (χ0n) is 17.3. The average molecular weight is 411 g/mol. The van der Waals surface area contributed by atoms with Gasteiger partial charge in [0, 0.05) is 13.7 Å². The van der Waals surface area contributed by atoms with Gasteiger partial charge in [0.25, 0.3) is 0 Å². The Kier molecular flexibility index (Phi) is 11.1. The van der Waals surface area contributed by atoms with E-state index in [1.807, 2.05) is 27.7 Å². The lowest BCUT2D eigenvalue weighted by molar-refractivity contribution is -0.134. The van der Waals surface area contributed by atoms with Crippen LogP contribution in [0.1, 0.15) is 27.7 Å². The summed E-state index contributed by atoms with van der Waals surface area (Å²) in [5, 5.41) is 0. The number of nitrogens with zero attached hydrogens (tertiary/aromatic N) is 2. The Morgan fingerprint density at radius 1 is 0.778 bits per heavy atom. The molecule has 160 valence electrons. The number of methoxy groups -OCH3 is 1. The minimum Gasteiger partial charge on any atom is -0.382 e. The summed E-state index contributed by atoms with van der Waals surface area (Å²) in [6.45, 7) is 12.7. The molecule has 1 heterocycles. The van der Waals surface area contributed by atoms with E-state index in [-0.39, 0.29) is 5.91 Å². The van der Waals surface area contributed by atoms with E-state index in [1.165, 1.54) is 0 Å². The normalized spacial score (nSPS) is 19.2. The largest absolute Gasteiger partial charge is 0.382 e. The van der Waals surface area contributed by atoms with E-state index >= 15 is 0 Å². The second-order valence-corrected chi connectivity index (χ2v) is 7.57. The predicted molar refractivity (Wildman–Crippen MR) is 103 cm³/mol. The number of amides is 1. The first-order valence-electron chi connectivity index (χ1n) is 9.34. The number of ether oxygens (including phenoxy) is 5. The van der Waals surface area contributed by atoms with Gasteiger partial charge in [0.05, 0.1) is 59.5 Å². The van der Waals surface area contributed by atoms with Crippen molar-refractivity contribution in [2.45, 2.75) is 38.9 Å². The van der Waals surface area contributed by atoms with E-state index in [0.29, 0.717) is 66.0 Å². The monoisotopic (exact) mass is 410 g/mol. The molecule has 8 nitrogen and oxygen atoms in total. The van der Waals surface area contributed by atoms with Crippen molar-refractivity contribution >= 4 is 17.7 Å². The number of hydrogen-bond donors (Lipinski definition) is 0. The summed E-state index contributed by atoms with van der Waals surface area (Å²) in [4.78, 5) is 14.3. The fourth-order valence-corrected chi connectivity index (χ4v) is 3.05. The maximum atomic E-state index is 12.5. The molecule has 0 atom stereocenters. The van der Waals surface area contributed by atoms with Crippen LogP contribution in [0.5, 0.6) is 0 Å². The second-order valence-electron chi connectivity index (χ2n) is 7.23. The van der Waals surface area contributed by atoms with Crippen molar-refractivity contribution in [1.29, 1.82) is 0 Å². The third-order valence-corrected chi connectivity index (χ3v) is 5.24. The molecule has 0 saturated carbocycles. The van der Waals surface area contributed by atoms with Crippen LogP contribution in [0, 0.1) is 0 Å². The van der Waals surface area contributed by atoms with Crippen LogP contribution in [-0.4, -0.2) is 99.5 Å². The fraction of sp³-hybridized carbons (Fsp3) is 0.944. The molecular weight excluding hydrogens is 376 g/mol. The first kappa shape index (κ1) is 24.6. The van der Waals surface area contributed by atoms with Gasteiger partial charge in [0.1, 0.15) is 11.2 Å². The SMILES string of the molecule is COCCOCCOCCOCCOCCN1C(=O)C(C)(C)N(Cl)C1(C)C. The molecule has 0 N–H and O–H groups in total. The van der Waals surface area contributed by atoms with Gasteiger partial charge in [-0.25, -0.2) is 0 Å². The van der Waals surface area contributed by atoms with Gasteiger partial charge in [0.15, 0.2) is 0 Å². The molecule has 1 fully saturated rings. The summed E-state index contributed by atoms with van der Waals surface area (Å²) in [6.07, 6.45) is 0. The highest BCUT2D eigenvalue weighted by Gasteiger charge is 2.55. The molecule has 0 unspecified atom stereocenters. The highest BCUT2D eigenvalue weighted by molar-refractivity contribution is 6.17. The molecule has 27 heavy (non-hydrogen) atoms. The van der Waals surface area contributed by atoms with E-state index in [4.69, 9.17) is 35.5 Å². The van der Waals surface area contributed by atoms with Crippen LogP contribution in [0.2, 0.25) is 0 Å². The van der Waals surface area contributed by atoms with Gasteiger partial charge >= 0.3 is 0 Å². The summed E-state index contributed by atoms with van der Waals surface area (Å²) in [5.41, 5.74) is -1.27. The van der Waals surface area contributed by atoms with E-state index < -0.39 is 11.2 Å². The molecular formula is C18H35ClN2O6. The maximum absolute atomic E-state index is 12.5. The molecule has 0 aliphatic carbocycles. The van der Waals surface area contributed by atoms with Crippen LogP contribution in [0.25, 0.3) is 0 Å². The van der Waals surface area contributed by atoms with Crippen LogP contribution >= 0.6 is 11.8 Å². The lowest BCUT2D eigenvalue weighted by Gasteiger charge is -2.35. The highest BCUT2D eigenvalue weighted by Crippen LogP contribution is 2.39. The zero-order valence-corrected chi connectivity index (χ0v) is 18.0. The van der Waals surface area contributed by atoms with E-state index in [0.717, 1.165) is 0 Å². The van der Waals surface area contributed by atoms with Crippen LogP contribution in [0.3, 0.4) is 0 Å². The van der Waals surface area contributed by atoms with Crippen molar-refractivity contribution in [3.63, 3.8) is 0 Å². The van der Waals surface area contributed by atoms with Gasteiger partial charge < -0.3 is 28.6 Å². The molecule has 1 aliphatic rings. The topological polar surface area (TPSA) is 69.7 Å². The van der Waals surface area contributed by atoms with Gasteiger partial charge in [-0.05, 0) is 39.5 Å². The summed E-state index contributed by atoms with van der Waals surface area (Å²) >= 11 is 6.33. The lowest BCUT2D eigenvalue weighted by Crippen LogP contribution is -2.47.